The number of alkyl halides is 3. The van der Waals surface area contributed by atoms with Crippen molar-refractivity contribution in [3.05, 3.63) is 29.8 Å². The maximum absolute atomic E-state index is 12.9. The fourth-order valence-electron chi connectivity index (χ4n) is 3.14. The number of ether oxygens (including phenoxy) is 1. The van der Waals surface area contributed by atoms with Crippen molar-refractivity contribution in [2.24, 2.45) is 4.99 Å². The van der Waals surface area contributed by atoms with Gasteiger partial charge >= 0.3 is 6.18 Å². The summed E-state index contributed by atoms with van der Waals surface area (Å²) < 4.78 is 44.1. The Bertz CT molecular complexity index is 619. The third-order valence-corrected chi connectivity index (χ3v) is 4.75. The predicted octanol–water partition coefficient (Wildman–Crippen LogP) is 3.39. The minimum atomic E-state index is -4.18. The molecule has 1 aliphatic rings. The summed E-state index contributed by atoms with van der Waals surface area (Å²) in [6.45, 7) is 6.30. The van der Waals surface area contributed by atoms with Gasteiger partial charge in [-0.15, -0.1) is 24.0 Å². The molecule has 0 aliphatic carbocycles. The molecule has 1 aliphatic heterocycles. The normalized spacial score (nSPS) is 17.1. The van der Waals surface area contributed by atoms with Crippen molar-refractivity contribution in [3.8, 4) is 5.75 Å². The molecular weight excluding hydrogens is 484 g/mol. The molecule has 28 heavy (non-hydrogen) atoms. The van der Waals surface area contributed by atoms with E-state index in [0.717, 1.165) is 23.7 Å². The molecule has 1 saturated heterocycles. The number of piperazine rings is 1. The van der Waals surface area contributed by atoms with E-state index < -0.39 is 12.2 Å². The number of nitrogens with zero attached hydrogens (tertiary/aromatic N) is 3. The van der Waals surface area contributed by atoms with E-state index >= 15 is 0 Å². The van der Waals surface area contributed by atoms with Crippen LogP contribution in [-0.4, -0.2) is 74.4 Å². The van der Waals surface area contributed by atoms with Crippen LogP contribution in [0.15, 0.2) is 29.3 Å². The molecule has 0 radical (unpaired) electrons. The molecule has 0 aromatic heterocycles. The van der Waals surface area contributed by atoms with Crippen LogP contribution in [0.25, 0.3) is 0 Å². The van der Waals surface area contributed by atoms with Crippen LogP contribution in [0.4, 0.5) is 13.2 Å². The predicted molar refractivity (Wildman–Crippen MR) is 117 cm³/mol. The van der Waals surface area contributed by atoms with Gasteiger partial charge in [-0.25, -0.2) is 0 Å². The van der Waals surface area contributed by atoms with Gasteiger partial charge in [0.25, 0.3) is 0 Å². The van der Waals surface area contributed by atoms with Crippen molar-refractivity contribution in [1.82, 2.24) is 15.1 Å². The Morgan fingerprint density at radius 3 is 2.50 bits per heavy atom. The fraction of sp³-hybridized carbons (Fsp3) is 0.632. The molecule has 0 amide bonds. The molecule has 0 bridgehead atoms. The van der Waals surface area contributed by atoms with Gasteiger partial charge in [-0.2, -0.15) is 13.2 Å². The summed E-state index contributed by atoms with van der Waals surface area (Å²) in [5.41, 5.74) is 1.16. The van der Waals surface area contributed by atoms with Crippen molar-refractivity contribution < 1.29 is 17.9 Å². The van der Waals surface area contributed by atoms with E-state index in [9.17, 15) is 13.2 Å². The van der Waals surface area contributed by atoms with Crippen LogP contribution in [0.2, 0.25) is 0 Å². The number of nitrogens with one attached hydrogen (secondary N) is 1. The Hall–Kier alpha value is -1.23. The van der Waals surface area contributed by atoms with Crippen molar-refractivity contribution in [2.45, 2.75) is 32.5 Å². The van der Waals surface area contributed by atoms with Gasteiger partial charge in [0.2, 0.25) is 0 Å². The number of aliphatic imine (C=N–C) groups is 1. The van der Waals surface area contributed by atoms with Gasteiger partial charge < -0.3 is 15.0 Å². The summed E-state index contributed by atoms with van der Waals surface area (Å²) in [4.78, 5) is 7.76. The van der Waals surface area contributed by atoms with Gasteiger partial charge in [-0.05, 0) is 38.0 Å². The maximum atomic E-state index is 12.9. The first-order valence-corrected chi connectivity index (χ1v) is 9.33. The first-order valence-electron chi connectivity index (χ1n) is 9.33. The molecular formula is C19H30F3IN4O. The average molecular weight is 514 g/mol. The largest absolute Gasteiger partial charge is 0.494 e. The number of benzene rings is 1. The van der Waals surface area contributed by atoms with Gasteiger partial charge in [0.05, 0.1) is 6.61 Å². The molecule has 1 atom stereocenters. The molecule has 1 aromatic carbocycles. The summed E-state index contributed by atoms with van der Waals surface area (Å²) in [5.74, 6) is 1.59. The van der Waals surface area contributed by atoms with E-state index in [1.165, 1.54) is 11.8 Å². The summed E-state index contributed by atoms with van der Waals surface area (Å²) in [5, 5.41) is 3.31. The number of halogens is 4. The summed E-state index contributed by atoms with van der Waals surface area (Å²) in [6.07, 6.45) is -3.37. The second kappa shape index (κ2) is 11.7. The van der Waals surface area contributed by atoms with Gasteiger partial charge in [0.15, 0.2) is 5.96 Å². The minimum absolute atomic E-state index is 0. The summed E-state index contributed by atoms with van der Waals surface area (Å²) in [6, 6.07) is 6.55. The standard InChI is InChI=1S/C19H29F3N4O.HI/c1-4-27-17-7-5-6-16(14-17)8-9-24-18(23-3)26-12-10-25(11-13-26)15(2)19(20,21)22;/h5-7,14-15H,4,8-13H2,1-3H3,(H,23,24);1H. The number of guanidine groups is 1. The SMILES string of the molecule is CCOc1cccc(CCNC(=NC)N2CCN(C(C)C(F)(F)F)CC2)c1.I. The summed E-state index contributed by atoms with van der Waals surface area (Å²) >= 11 is 0. The van der Waals surface area contributed by atoms with Gasteiger partial charge in [0.1, 0.15) is 11.8 Å². The highest BCUT2D eigenvalue weighted by Gasteiger charge is 2.41. The molecule has 160 valence electrons. The van der Waals surface area contributed by atoms with E-state index in [1.54, 1.807) is 7.05 Å². The van der Waals surface area contributed by atoms with Crippen LogP contribution in [0.5, 0.6) is 5.75 Å². The maximum Gasteiger partial charge on any atom is 0.403 e. The second-order valence-electron chi connectivity index (χ2n) is 6.55. The molecule has 9 heteroatoms. The van der Waals surface area contributed by atoms with Crippen LogP contribution >= 0.6 is 24.0 Å². The van der Waals surface area contributed by atoms with Crippen LogP contribution in [0, 0.1) is 0 Å². The molecule has 0 spiro atoms. The molecule has 1 heterocycles. The Morgan fingerprint density at radius 1 is 1.25 bits per heavy atom. The van der Waals surface area contributed by atoms with Crippen molar-refractivity contribution in [1.29, 1.82) is 0 Å². The monoisotopic (exact) mass is 514 g/mol. The van der Waals surface area contributed by atoms with Crippen LogP contribution in [-0.2, 0) is 6.42 Å². The average Bonchev–Trinajstić information content (AvgIpc) is 2.65. The van der Waals surface area contributed by atoms with Crippen LogP contribution in [0.1, 0.15) is 19.4 Å². The highest BCUT2D eigenvalue weighted by atomic mass is 127. The van der Waals surface area contributed by atoms with Crippen molar-refractivity contribution >= 4 is 29.9 Å². The van der Waals surface area contributed by atoms with E-state index in [-0.39, 0.29) is 24.0 Å². The molecule has 1 fully saturated rings. The molecule has 0 saturated carbocycles. The minimum Gasteiger partial charge on any atom is -0.494 e. The van der Waals surface area contributed by atoms with Gasteiger partial charge in [0, 0.05) is 39.8 Å². The van der Waals surface area contributed by atoms with E-state index in [1.807, 2.05) is 36.1 Å². The van der Waals surface area contributed by atoms with Crippen LogP contribution < -0.4 is 10.1 Å². The summed E-state index contributed by atoms with van der Waals surface area (Å²) in [7, 11) is 1.70. The lowest BCUT2D eigenvalue weighted by atomic mass is 10.1. The quantitative estimate of drug-likeness (QED) is 0.359. The van der Waals surface area contributed by atoms with Crippen molar-refractivity contribution in [3.63, 3.8) is 0 Å². The van der Waals surface area contributed by atoms with E-state index in [2.05, 4.69) is 10.3 Å². The third kappa shape index (κ3) is 7.31. The molecule has 2 rings (SSSR count). The first kappa shape index (κ1) is 24.8. The lowest BCUT2D eigenvalue weighted by molar-refractivity contribution is -0.181. The molecule has 1 unspecified atom stereocenters. The Morgan fingerprint density at radius 2 is 1.93 bits per heavy atom. The second-order valence-corrected chi connectivity index (χ2v) is 6.55. The highest BCUT2D eigenvalue weighted by molar-refractivity contribution is 14.0. The molecule has 1 N–H and O–H groups in total. The fourth-order valence-corrected chi connectivity index (χ4v) is 3.14. The first-order chi connectivity index (χ1) is 12.8. The zero-order valence-electron chi connectivity index (χ0n) is 16.6. The zero-order valence-corrected chi connectivity index (χ0v) is 19.0. The van der Waals surface area contributed by atoms with Gasteiger partial charge in [-0.3, -0.25) is 9.89 Å². The van der Waals surface area contributed by atoms with E-state index in [0.29, 0.717) is 39.3 Å². The Balaban J connectivity index is 0.00000392. The Kier molecular flexibility index (Phi) is 10.4. The smallest absolute Gasteiger partial charge is 0.403 e. The molecule has 1 aromatic rings. The topological polar surface area (TPSA) is 40.1 Å². The highest BCUT2D eigenvalue weighted by Crippen LogP contribution is 2.25. The van der Waals surface area contributed by atoms with Crippen LogP contribution in [0.3, 0.4) is 0 Å². The van der Waals surface area contributed by atoms with Gasteiger partial charge in [-0.1, -0.05) is 12.1 Å². The number of rotatable bonds is 6. The number of hydrogen-bond donors (Lipinski definition) is 1. The molecule has 5 nitrogen and oxygen atoms in total. The number of hydrogen-bond acceptors (Lipinski definition) is 3. The van der Waals surface area contributed by atoms with E-state index in [4.69, 9.17) is 4.74 Å². The Labute approximate surface area is 182 Å². The third-order valence-electron chi connectivity index (χ3n) is 4.75. The van der Waals surface area contributed by atoms with Crippen molar-refractivity contribution in [2.75, 3.05) is 46.4 Å². The zero-order chi connectivity index (χ0) is 19.9. The lowest BCUT2D eigenvalue weighted by Gasteiger charge is -2.39. The lowest BCUT2D eigenvalue weighted by Crippen LogP contribution is -2.56.